The van der Waals surface area contributed by atoms with Gasteiger partial charge in [-0.2, -0.15) is 5.26 Å². The van der Waals surface area contributed by atoms with E-state index >= 15 is 0 Å². The third-order valence-electron chi connectivity index (χ3n) is 5.08. The van der Waals surface area contributed by atoms with E-state index in [1.165, 1.54) is 5.56 Å². The molecule has 1 aromatic carbocycles. The summed E-state index contributed by atoms with van der Waals surface area (Å²) in [5.41, 5.74) is 1.19. The van der Waals surface area contributed by atoms with Gasteiger partial charge in [-0.05, 0) is 43.4 Å². The SMILES string of the molecule is N#CC1(NC(=O)c2ccc(C3CCCOC3)cc2)CCCCC1. The molecule has 0 aromatic heterocycles. The molecule has 1 unspecified atom stereocenters. The van der Waals surface area contributed by atoms with Crippen LogP contribution in [0.25, 0.3) is 0 Å². The number of rotatable bonds is 3. The molecule has 1 aliphatic heterocycles. The van der Waals surface area contributed by atoms with Crippen LogP contribution in [0.4, 0.5) is 0 Å². The third-order valence-corrected chi connectivity index (χ3v) is 5.08. The quantitative estimate of drug-likeness (QED) is 0.928. The lowest BCUT2D eigenvalue weighted by atomic mass is 9.82. The van der Waals surface area contributed by atoms with Crippen molar-refractivity contribution in [3.63, 3.8) is 0 Å². The van der Waals surface area contributed by atoms with E-state index < -0.39 is 5.54 Å². The second-order valence-corrected chi connectivity index (χ2v) is 6.74. The number of nitrogens with one attached hydrogen (secondary N) is 1. The molecule has 122 valence electrons. The number of hydrogen-bond donors (Lipinski definition) is 1. The normalized spacial score (nSPS) is 23.7. The minimum absolute atomic E-state index is 0.139. The van der Waals surface area contributed by atoms with Crippen molar-refractivity contribution in [3.8, 4) is 6.07 Å². The molecule has 4 heteroatoms. The van der Waals surface area contributed by atoms with Gasteiger partial charge in [0.05, 0.1) is 12.7 Å². The highest BCUT2D eigenvalue weighted by molar-refractivity contribution is 5.95. The first-order valence-electron chi connectivity index (χ1n) is 8.64. The maximum atomic E-state index is 12.5. The van der Waals surface area contributed by atoms with Crippen molar-refractivity contribution in [2.45, 2.75) is 56.4 Å². The van der Waals surface area contributed by atoms with Gasteiger partial charge in [-0.15, -0.1) is 0 Å². The molecule has 0 radical (unpaired) electrons. The fourth-order valence-corrected chi connectivity index (χ4v) is 3.62. The molecule has 3 rings (SSSR count). The van der Waals surface area contributed by atoms with Crippen molar-refractivity contribution in [3.05, 3.63) is 35.4 Å². The first kappa shape index (κ1) is 16.0. The average molecular weight is 312 g/mol. The predicted octanol–water partition coefficient (Wildman–Crippen LogP) is 3.54. The third kappa shape index (κ3) is 3.73. The van der Waals surface area contributed by atoms with E-state index in [2.05, 4.69) is 11.4 Å². The number of carbonyl (C=O) groups is 1. The van der Waals surface area contributed by atoms with E-state index in [-0.39, 0.29) is 5.91 Å². The van der Waals surface area contributed by atoms with Crippen LogP contribution in [0.2, 0.25) is 0 Å². The average Bonchev–Trinajstić information content (AvgIpc) is 2.63. The van der Waals surface area contributed by atoms with Gasteiger partial charge in [0.1, 0.15) is 5.54 Å². The summed E-state index contributed by atoms with van der Waals surface area (Å²) in [6.45, 7) is 1.62. The summed E-state index contributed by atoms with van der Waals surface area (Å²) in [6.07, 6.45) is 6.92. The van der Waals surface area contributed by atoms with E-state index in [1.807, 2.05) is 24.3 Å². The Morgan fingerprint density at radius 3 is 2.52 bits per heavy atom. The molecule has 2 fully saturated rings. The van der Waals surface area contributed by atoms with E-state index in [9.17, 15) is 10.1 Å². The van der Waals surface area contributed by atoms with E-state index in [0.29, 0.717) is 11.5 Å². The van der Waals surface area contributed by atoms with Crippen LogP contribution in [0.5, 0.6) is 0 Å². The smallest absolute Gasteiger partial charge is 0.252 e. The Bertz CT molecular complexity index is 576. The van der Waals surface area contributed by atoms with Crippen molar-refractivity contribution in [1.82, 2.24) is 5.32 Å². The Hall–Kier alpha value is -1.86. The van der Waals surface area contributed by atoms with E-state index in [0.717, 1.165) is 58.2 Å². The van der Waals surface area contributed by atoms with Crippen molar-refractivity contribution < 1.29 is 9.53 Å². The van der Waals surface area contributed by atoms with Crippen LogP contribution in [0.1, 0.15) is 66.8 Å². The lowest BCUT2D eigenvalue weighted by molar-refractivity contribution is 0.0804. The van der Waals surface area contributed by atoms with Crippen LogP contribution in [0.15, 0.2) is 24.3 Å². The molecule has 1 saturated heterocycles. The Balaban J connectivity index is 1.66. The molecule has 1 N–H and O–H groups in total. The van der Waals surface area contributed by atoms with Gasteiger partial charge in [0.2, 0.25) is 0 Å². The summed E-state index contributed by atoms with van der Waals surface area (Å²) >= 11 is 0. The molecule has 0 bridgehead atoms. The molecule has 23 heavy (non-hydrogen) atoms. The Kier molecular flexibility index (Phi) is 4.97. The number of nitriles is 1. The first-order chi connectivity index (χ1) is 11.2. The highest BCUT2D eigenvalue weighted by atomic mass is 16.5. The lowest BCUT2D eigenvalue weighted by Crippen LogP contribution is -2.48. The Labute approximate surface area is 137 Å². The molecular formula is C19H24N2O2. The van der Waals surface area contributed by atoms with Crippen molar-refractivity contribution in [2.75, 3.05) is 13.2 Å². The largest absolute Gasteiger partial charge is 0.381 e. The van der Waals surface area contributed by atoms with Gasteiger partial charge in [0.25, 0.3) is 5.91 Å². The second kappa shape index (κ2) is 7.14. The molecule has 1 aromatic rings. The van der Waals surface area contributed by atoms with Gasteiger partial charge in [0, 0.05) is 18.1 Å². The van der Waals surface area contributed by atoms with Crippen LogP contribution < -0.4 is 5.32 Å². The summed E-state index contributed by atoms with van der Waals surface area (Å²) in [5.74, 6) is 0.296. The summed E-state index contributed by atoms with van der Waals surface area (Å²) < 4.78 is 5.53. The minimum Gasteiger partial charge on any atom is -0.381 e. The van der Waals surface area contributed by atoms with Crippen molar-refractivity contribution in [1.29, 1.82) is 5.26 Å². The molecule has 2 aliphatic rings. The minimum atomic E-state index is -0.675. The second-order valence-electron chi connectivity index (χ2n) is 6.74. The molecule has 1 aliphatic carbocycles. The fraction of sp³-hybridized carbons (Fsp3) is 0.579. The van der Waals surface area contributed by atoms with Gasteiger partial charge in [0.15, 0.2) is 0 Å². The monoisotopic (exact) mass is 312 g/mol. The van der Waals surface area contributed by atoms with Crippen LogP contribution in [-0.4, -0.2) is 24.7 Å². The van der Waals surface area contributed by atoms with E-state index in [4.69, 9.17) is 4.74 Å². The maximum Gasteiger partial charge on any atom is 0.252 e. The molecular weight excluding hydrogens is 288 g/mol. The van der Waals surface area contributed by atoms with Crippen LogP contribution >= 0.6 is 0 Å². The molecule has 1 atom stereocenters. The maximum absolute atomic E-state index is 12.5. The zero-order valence-electron chi connectivity index (χ0n) is 13.5. The lowest BCUT2D eigenvalue weighted by Gasteiger charge is -2.31. The van der Waals surface area contributed by atoms with Crippen molar-refractivity contribution >= 4 is 5.91 Å². The van der Waals surface area contributed by atoms with Gasteiger partial charge < -0.3 is 10.1 Å². The number of amides is 1. The van der Waals surface area contributed by atoms with E-state index in [1.54, 1.807) is 0 Å². The molecule has 4 nitrogen and oxygen atoms in total. The molecule has 1 amide bonds. The summed E-state index contributed by atoms with van der Waals surface area (Å²) in [4.78, 5) is 12.5. The Morgan fingerprint density at radius 1 is 1.17 bits per heavy atom. The highest BCUT2D eigenvalue weighted by Gasteiger charge is 2.33. The number of nitrogens with zero attached hydrogens (tertiary/aromatic N) is 1. The highest BCUT2D eigenvalue weighted by Crippen LogP contribution is 2.28. The number of ether oxygens (including phenoxy) is 1. The van der Waals surface area contributed by atoms with Crippen molar-refractivity contribution in [2.24, 2.45) is 0 Å². The van der Waals surface area contributed by atoms with Gasteiger partial charge in [-0.25, -0.2) is 0 Å². The number of benzene rings is 1. The zero-order chi connectivity index (χ0) is 16.1. The molecule has 1 saturated carbocycles. The van der Waals surface area contributed by atoms with Gasteiger partial charge in [-0.1, -0.05) is 31.4 Å². The van der Waals surface area contributed by atoms with Crippen LogP contribution in [0, 0.1) is 11.3 Å². The summed E-state index contributed by atoms with van der Waals surface area (Å²) in [6, 6.07) is 10.1. The fourth-order valence-electron chi connectivity index (χ4n) is 3.62. The van der Waals surface area contributed by atoms with Gasteiger partial charge >= 0.3 is 0 Å². The molecule has 1 heterocycles. The molecule has 0 spiro atoms. The Morgan fingerprint density at radius 2 is 1.91 bits per heavy atom. The number of hydrogen-bond acceptors (Lipinski definition) is 3. The summed E-state index contributed by atoms with van der Waals surface area (Å²) in [5, 5.41) is 12.4. The standard InChI is InChI=1S/C19H24N2O2/c20-14-19(10-2-1-3-11-19)21-18(22)16-8-6-15(7-9-16)17-5-4-12-23-13-17/h6-9,17H,1-5,10-13H2,(H,21,22). The first-order valence-corrected chi connectivity index (χ1v) is 8.64. The zero-order valence-corrected chi connectivity index (χ0v) is 13.5. The predicted molar refractivity (Wildman–Crippen MR) is 88.1 cm³/mol. The topological polar surface area (TPSA) is 62.1 Å². The van der Waals surface area contributed by atoms with Crippen LogP contribution in [-0.2, 0) is 4.74 Å². The summed E-state index contributed by atoms with van der Waals surface area (Å²) in [7, 11) is 0. The van der Waals surface area contributed by atoms with Crippen LogP contribution in [0.3, 0.4) is 0 Å². The van der Waals surface area contributed by atoms with Gasteiger partial charge in [-0.3, -0.25) is 4.79 Å². The number of carbonyl (C=O) groups excluding carboxylic acids is 1.